The van der Waals surface area contributed by atoms with E-state index in [9.17, 15) is 13.2 Å². The first-order valence-corrected chi connectivity index (χ1v) is 10.8. The molecule has 0 aliphatic rings. The molecule has 2 N–H and O–H groups in total. The Kier molecular flexibility index (Phi) is 7.61. The highest BCUT2D eigenvalue weighted by molar-refractivity contribution is 7.99. The van der Waals surface area contributed by atoms with Gasteiger partial charge in [0, 0.05) is 26.0 Å². The minimum Gasteiger partial charge on any atom is -0.493 e. The van der Waals surface area contributed by atoms with E-state index < -0.39 is 16.0 Å². The molecule has 28 heavy (non-hydrogen) atoms. The second kappa shape index (κ2) is 9.71. The summed E-state index contributed by atoms with van der Waals surface area (Å²) in [7, 11) is -0.506. The average molecular weight is 427 g/mol. The normalized spacial score (nSPS) is 11.4. The quantitative estimate of drug-likeness (QED) is 0.276. The Labute approximate surface area is 168 Å². The van der Waals surface area contributed by atoms with E-state index in [4.69, 9.17) is 15.2 Å². The number of anilines is 1. The van der Waals surface area contributed by atoms with Crippen molar-refractivity contribution in [3.63, 3.8) is 0 Å². The minimum absolute atomic E-state index is 0.0644. The van der Waals surface area contributed by atoms with Gasteiger partial charge in [0.05, 0.1) is 18.1 Å². The summed E-state index contributed by atoms with van der Waals surface area (Å²) in [5, 5.41) is 0.418. The number of nitrogens with two attached hydrogens (primary N) is 1. The van der Waals surface area contributed by atoms with E-state index in [1.165, 1.54) is 44.2 Å². The summed E-state index contributed by atoms with van der Waals surface area (Å²) < 4.78 is 35.7. The number of esters is 1. The molecule has 0 saturated heterocycles. The number of thioether (sulfide) groups is 1. The number of nitrogens with zero attached hydrogens (tertiary/aromatic N) is 3. The van der Waals surface area contributed by atoms with Gasteiger partial charge >= 0.3 is 5.97 Å². The Morgan fingerprint density at radius 1 is 1.25 bits per heavy atom. The lowest BCUT2D eigenvalue weighted by molar-refractivity contribution is 0.0526. The van der Waals surface area contributed by atoms with Crippen molar-refractivity contribution in [2.45, 2.75) is 17.0 Å². The Hall–Kier alpha value is -2.37. The molecule has 0 fully saturated rings. The number of hydrogen-bond donors (Lipinski definition) is 1. The topological polar surface area (TPSA) is 125 Å². The monoisotopic (exact) mass is 426 g/mol. The predicted molar refractivity (Wildman–Crippen MR) is 106 cm³/mol. The van der Waals surface area contributed by atoms with Crippen molar-refractivity contribution in [1.29, 1.82) is 0 Å². The van der Waals surface area contributed by atoms with Crippen LogP contribution in [0.4, 0.5) is 5.82 Å². The molecular formula is C17H22N4O5S2. The number of hydrogen-bond acceptors (Lipinski definition) is 9. The molecule has 2 aromatic rings. The number of carbonyl (C=O) groups is 1. The largest absolute Gasteiger partial charge is 0.493 e. The molecular weight excluding hydrogens is 404 g/mol. The lowest BCUT2D eigenvalue weighted by Crippen LogP contribution is -2.22. The first kappa shape index (κ1) is 21.9. The Bertz CT molecular complexity index is 918. The summed E-state index contributed by atoms with van der Waals surface area (Å²) in [5.74, 6) is 0.598. The van der Waals surface area contributed by atoms with Crippen LogP contribution in [0.15, 0.2) is 40.5 Å². The van der Waals surface area contributed by atoms with Crippen LogP contribution >= 0.6 is 11.8 Å². The molecule has 11 heteroatoms. The van der Waals surface area contributed by atoms with Gasteiger partial charge in [-0.1, -0.05) is 11.8 Å². The Morgan fingerprint density at radius 3 is 2.50 bits per heavy atom. The van der Waals surface area contributed by atoms with Gasteiger partial charge in [0.1, 0.15) is 17.1 Å². The molecule has 0 unspecified atom stereocenters. The number of benzene rings is 1. The number of ether oxygens (including phenoxy) is 2. The second-order valence-corrected chi connectivity index (χ2v) is 8.84. The van der Waals surface area contributed by atoms with E-state index in [1.54, 1.807) is 19.1 Å². The summed E-state index contributed by atoms with van der Waals surface area (Å²) in [6.07, 6.45) is 1.34. The van der Waals surface area contributed by atoms with Crippen LogP contribution in [0.25, 0.3) is 0 Å². The third-order valence-electron chi connectivity index (χ3n) is 3.48. The smallest absolute Gasteiger partial charge is 0.343 e. The van der Waals surface area contributed by atoms with E-state index in [1.807, 2.05) is 0 Å². The summed E-state index contributed by atoms with van der Waals surface area (Å²) in [4.78, 5) is 20.0. The van der Waals surface area contributed by atoms with Crippen molar-refractivity contribution < 1.29 is 22.7 Å². The summed E-state index contributed by atoms with van der Waals surface area (Å²) in [6, 6.07) is 6.19. The maximum Gasteiger partial charge on any atom is 0.343 e. The number of rotatable bonds is 9. The van der Waals surface area contributed by atoms with Crippen LogP contribution in [-0.4, -0.2) is 61.7 Å². The van der Waals surface area contributed by atoms with E-state index >= 15 is 0 Å². The van der Waals surface area contributed by atoms with Crippen molar-refractivity contribution in [3.8, 4) is 5.75 Å². The van der Waals surface area contributed by atoms with Gasteiger partial charge in [-0.05, 0) is 31.2 Å². The molecule has 0 spiro atoms. The first-order valence-electron chi connectivity index (χ1n) is 8.33. The molecule has 0 amide bonds. The van der Waals surface area contributed by atoms with Gasteiger partial charge in [0.15, 0.2) is 5.16 Å². The summed E-state index contributed by atoms with van der Waals surface area (Å²) in [5.41, 5.74) is 5.90. The van der Waals surface area contributed by atoms with Crippen LogP contribution in [-0.2, 0) is 14.8 Å². The van der Waals surface area contributed by atoms with E-state index in [0.29, 0.717) is 23.3 Å². The van der Waals surface area contributed by atoms with Gasteiger partial charge in [-0.2, -0.15) is 0 Å². The van der Waals surface area contributed by atoms with Crippen LogP contribution < -0.4 is 10.5 Å². The third-order valence-corrected chi connectivity index (χ3v) is 6.13. The summed E-state index contributed by atoms with van der Waals surface area (Å²) >= 11 is 1.32. The highest BCUT2D eigenvalue weighted by Gasteiger charge is 2.17. The lowest BCUT2D eigenvalue weighted by Gasteiger charge is -2.12. The van der Waals surface area contributed by atoms with Gasteiger partial charge in [0.25, 0.3) is 0 Å². The van der Waals surface area contributed by atoms with Gasteiger partial charge in [0.2, 0.25) is 10.0 Å². The predicted octanol–water partition coefficient (Wildman–Crippen LogP) is 1.66. The first-order chi connectivity index (χ1) is 13.3. The van der Waals surface area contributed by atoms with Crippen molar-refractivity contribution in [1.82, 2.24) is 14.3 Å². The van der Waals surface area contributed by atoms with Crippen LogP contribution in [0.1, 0.15) is 17.3 Å². The molecule has 2 rings (SSSR count). The zero-order chi connectivity index (χ0) is 20.7. The van der Waals surface area contributed by atoms with Crippen LogP contribution in [0.2, 0.25) is 0 Å². The molecule has 1 aromatic heterocycles. The van der Waals surface area contributed by atoms with E-state index in [0.717, 1.165) is 4.31 Å². The van der Waals surface area contributed by atoms with Crippen LogP contribution in [0, 0.1) is 0 Å². The molecule has 152 valence electrons. The average Bonchev–Trinajstić information content (AvgIpc) is 2.65. The number of nitrogen functional groups attached to an aromatic ring is 1. The Balaban J connectivity index is 1.86. The molecule has 1 aromatic carbocycles. The fourth-order valence-electron chi connectivity index (χ4n) is 2.02. The van der Waals surface area contributed by atoms with Crippen molar-refractivity contribution >= 4 is 33.6 Å². The number of sulfonamides is 1. The zero-order valence-electron chi connectivity index (χ0n) is 15.8. The standard InChI is InChI=1S/C17H22N4O5S2/c1-4-25-16(22)14-11-19-17(20-15(14)18)27-10-9-26-12-5-7-13(8-6-12)28(23,24)21(2)3/h5-8,11H,4,9-10H2,1-3H3,(H2,18,19,20). The van der Waals surface area contributed by atoms with Crippen LogP contribution in [0.3, 0.4) is 0 Å². The summed E-state index contributed by atoms with van der Waals surface area (Å²) in [6.45, 7) is 2.30. The molecule has 0 bridgehead atoms. The SMILES string of the molecule is CCOC(=O)c1cnc(SCCOc2ccc(S(=O)(=O)N(C)C)cc2)nc1N. The van der Waals surface area contributed by atoms with Crippen molar-refractivity contribution in [2.75, 3.05) is 38.8 Å². The van der Waals surface area contributed by atoms with Gasteiger partial charge in [-0.25, -0.2) is 27.5 Å². The van der Waals surface area contributed by atoms with Crippen molar-refractivity contribution in [2.24, 2.45) is 0 Å². The Morgan fingerprint density at radius 2 is 1.93 bits per heavy atom. The highest BCUT2D eigenvalue weighted by Crippen LogP contribution is 2.20. The number of aromatic nitrogens is 2. The fraction of sp³-hybridized carbons (Fsp3) is 0.353. The van der Waals surface area contributed by atoms with E-state index in [-0.39, 0.29) is 22.9 Å². The highest BCUT2D eigenvalue weighted by atomic mass is 32.2. The minimum atomic E-state index is -3.46. The maximum atomic E-state index is 12.0. The molecule has 9 nitrogen and oxygen atoms in total. The molecule has 0 atom stereocenters. The van der Waals surface area contributed by atoms with Gasteiger partial charge in [-0.15, -0.1) is 0 Å². The molecule has 0 radical (unpaired) electrons. The van der Waals surface area contributed by atoms with E-state index in [2.05, 4.69) is 9.97 Å². The fourth-order valence-corrected chi connectivity index (χ4v) is 3.57. The zero-order valence-corrected chi connectivity index (χ0v) is 17.4. The molecule has 0 aliphatic carbocycles. The second-order valence-electron chi connectivity index (χ2n) is 5.63. The third kappa shape index (κ3) is 5.57. The maximum absolute atomic E-state index is 12.0. The molecule has 0 saturated carbocycles. The van der Waals surface area contributed by atoms with Gasteiger partial charge < -0.3 is 15.2 Å². The lowest BCUT2D eigenvalue weighted by atomic mass is 10.3. The van der Waals surface area contributed by atoms with Crippen molar-refractivity contribution in [3.05, 3.63) is 36.0 Å². The molecule has 0 aliphatic heterocycles. The van der Waals surface area contributed by atoms with Gasteiger partial charge in [-0.3, -0.25) is 0 Å². The van der Waals surface area contributed by atoms with Crippen LogP contribution in [0.5, 0.6) is 5.75 Å². The number of carbonyl (C=O) groups excluding carboxylic acids is 1. The molecule has 1 heterocycles.